The van der Waals surface area contributed by atoms with Crippen LogP contribution in [0.15, 0.2) is 22.7 Å². The highest BCUT2D eigenvalue weighted by Crippen LogP contribution is 2.26. The number of carboxylic acid groups (broad SMARTS) is 1. The molecule has 1 aromatic carbocycles. The molecule has 0 radical (unpaired) electrons. The number of ether oxygens (including phenoxy) is 1. The van der Waals surface area contributed by atoms with Gasteiger partial charge >= 0.3 is 5.97 Å². The van der Waals surface area contributed by atoms with E-state index in [9.17, 15) is 4.79 Å². The van der Waals surface area contributed by atoms with E-state index in [-0.39, 0.29) is 6.61 Å². The van der Waals surface area contributed by atoms with Crippen LogP contribution in [0, 0.1) is 5.41 Å². The fourth-order valence-electron chi connectivity index (χ4n) is 1.29. The molecule has 0 aliphatic heterocycles. The van der Waals surface area contributed by atoms with Crippen LogP contribution < -0.4 is 4.74 Å². The number of benzene rings is 1. The first-order valence-electron chi connectivity index (χ1n) is 5.51. The monoisotopic (exact) mass is 300 g/mol. The number of hydrogen-bond acceptors (Lipinski definition) is 2. The van der Waals surface area contributed by atoms with Crippen molar-refractivity contribution in [1.29, 1.82) is 0 Å². The number of halogens is 1. The number of carboxylic acids is 1. The molecule has 0 bridgehead atoms. The molecule has 3 nitrogen and oxygen atoms in total. The summed E-state index contributed by atoms with van der Waals surface area (Å²) in [4.78, 5) is 11.0. The summed E-state index contributed by atoms with van der Waals surface area (Å²) in [6.07, 6.45) is 0.849. The zero-order valence-electron chi connectivity index (χ0n) is 10.3. The molecule has 0 fully saturated rings. The second-order valence-electron chi connectivity index (χ2n) is 4.58. The van der Waals surface area contributed by atoms with Crippen LogP contribution in [0.3, 0.4) is 0 Å². The average molecular weight is 301 g/mol. The molecule has 0 saturated carbocycles. The third-order valence-corrected chi connectivity index (χ3v) is 3.06. The van der Waals surface area contributed by atoms with Gasteiger partial charge in [-0.1, -0.05) is 22.9 Å². The van der Waals surface area contributed by atoms with Crippen molar-refractivity contribution in [2.24, 2.45) is 5.41 Å². The Balaban J connectivity index is 2.79. The molecule has 0 amide bonds. The summed E-state index contributed by atoms with van der Waals surface area (Å²) >= 11 is 3.40. The van der Waals surface area contributed by atoms with Crippen LogP contribution in [0.4, 0.5) is 0 Å². The van der Waals surface area contributed by atoms with Crippen LogP contribution in [0.25, 0.3) is 0 Å². The highest BCUT2D eigenvalue weighted by atomic mass is 79.9. The third-order valence-electron chi connectivity index (χ3n) is 2.57. The lowest BCUT2D eigenvalue weighted by molar-refractivity contribution is -0.148. The molecule has 0 aliphatic rings. The number of aliphatic carboxylic acids is 1. The van der Waals surface area contributed by atoms with Crippen LogP contribution in [-0.2, 0) is 11.2 Å². The van der Waals surface area contributed by atoms with Crippen molar-refractivity contribution in [3.63, 3.8) is 0 Å². The maximum Gasteiger partial charge on any atom is 0.312 e. The van der Waals surface area contributed by atoms with E-state index in [2.05, 4.69) is 15.9 Å². The van der Waals surface area contributed by atoms with Gasteiger partial charge in [-0.3, -0.25) is 4.79 Å². The zero-order valence-corrected chi connectivity index (χ0v) is 11.9. The van der Waals surface area contributed by atoms with E-state index in [1.54, 1.807) is 13.8 Å². The van der Waals surface area contributed by atoms with Crippen molar-refractivity contribution in [2.75, 3.05) is 6.61 Å². The van der Waals surface area contributed by atoms with Gasteiger partial charge in [-0.25, -0.2) is 0 Å². The van der Waals surface area contributed by atoms with Gasteiger partial charge in [-0.2, -0.15) is 0 Å². The van der Waals surface area contributed by atoms with Crippen molar-refractivity contribution >= 4 is 21.9 Å². The normalized spacial score (nSPS) is 11.3. The quantitative estimate of drug-likeness (QED) is 0.905. The lowest BCUT2D eigenvalue weighted by Gasteiger charge is -2.20. The highest BCUT2D eigenvalue weighted by molar-refractivity contribution is 9.10. The molecule has 0 aliphatic carbocycles. The Morgan fingerprint density at radius 2 is 2.12 bits per heavy atom. The second kappa shape index (κ2) is 5.54. The van der Waals surface area contributed by atoms with Crippen molar-refractivity contribution in [1.82, 2.24) is 0 Å². The summed E-state index contributed by atoms with van der Waals surface area (Å²) in [5.41, 5.74) is 0.193. The standard InChI is InChI=1S/C13H17BrO3/c1-4-9-7-10(14)5-6-11(9)17-8-13(2,3)12(15)16/h5-7H,4,8H2,1-3H3,(H,15,16). The number of aryl methyl sites for hydroxylation is 1. The molecular weight excluding hydrogens is 284 g/mol. The Morgan fingerprint density at radius 1 is 1.47 bits per heavy atom. The summed E-state index contributed by atoms with van der Waals surface area (Å²) in [7, 11) is 0. The molecule has 1 N–H and O–H groups in total. The highest BCUT2D eigenvalue weighted by Gasteiger charge is 2.28. The predicted octanol–water partition coefficient (Wildman–Crippen LogP) is 3.50. The largest absolute Gasteiger partial charge is 0.492 e. The van der Waals surface area contributed by atoms with Gasteiger partial charge in [-0.05, 0) is 44.0 Å². The molecule has 0 atom stereocenters. The Bertz CT molecular complexity index is 413. The van der Waals surface area contributed by atoms with E-state index in [1.807, 2.05) is 25.1 Å². The van der Waals surface area contributed by atoms with Crippen LogP contribution in [0.1, 0.15) is 26.3 Å². The third kappa shape index (κ3) is 3.73. The fraction of sp³-hybridized carbons (Fsp3) is 0.462. The van der Waals surface area contributed by atoms with Crippen LogP contribution in [0.5, 0.6) is 5.75 Å². The Kier molecular flexibility index (Phi) is 4.57. The van der Waals surface area contributed by atoms with Crippen molar-refractivity contribution in [3.05, 3.63) is 28.2 Å². The van der Waals surface area contributed by atoms with Gasteiger partial charge in [-0.15, -0.1) is 0 Å². The Hall–Kier alpha value is -1.03. The van der Waals surface area contributed by atoms with E-state index in [1.165, 1.54) is 0 Å². The van der Waals surface area contributed by atoms with Gasteiger partial charge in [0.05, 0.1) is 5.41 Å². The molecule has 17 heavy (non-hydrogen) atoms. The summed E-state index contributed by atoms with van der Waals surface area (Å²) in [6, 6.07) is 5.74. The van der Waals surface area contributed by atoms with E-state index >= 15 is 0 Å². The van der Waals surface area contributed by atoms with Crippen LogP contribution in [-0.4, -0.2) is 17.7 Å². The summed E-state index contributed by atoms with van der Waals surface area (Å²) in [5, 5.41) is 9.00. The van der Waals surface area contributed by atoms with Gasteiger partial charge in [0.15, 0.2) is 0 Å². The number of hydrogen-bond donors (Lipinski definition) is 1. The lowest BCUT2D eigenvalue weighted by atomic mass is 9.95. The van der Waals surface area contributed by atoms with Gasteiger partial charge in [0.2, 0.25) is 0 Å². The van der Waals surface area contributed by atoms with Gasteiger partial charge in [0, 0.05) is 4.47 Å². The first kappa shape index (κ1) is 14.0. The van der Waals surface area contributed by atoms with Gasteiger partial charge < -0.3 is 9.84 Å². The van der Waals surface area contributed by atoms with E-state index in [4.69, 9.17) is 9.84 Å². The maximum absolute atomic E-state index is 11.0. The SMILES string of the molecule is CCc1cc(Br)ccc1OCC(C)(C)C(=O)O. The average Bonchev–Trinajstić information content (AvgIpc) is 2.27. The predicted molar refractivity (Wildman–Crippen MR) is 70.4 cm³/mol. The molecule has 1 rings (SSSR count). The first-order chi connectivity index (χ1) is 7.86. The van der Waals surface area contributed by atoms with E-state index < -0.39 is 11.4 Å². The Labute approximate surface area is 110 Å². The van der Waals surface area contributed by atoms with Crippen LogP contribution >= 0.6 is 15.9 Å². The van der Waals surface area contributed by atoms with Gasteiger partial charge in [0.1, 0.15) is 12.4 Å². The summed E-state index contributed by atoms with van der Waals surface area (Å²) in [5.74, 6) is -0.0994. The van der Waals surface area contributed by atoms with Gasteiger partial charge in [0.25, 0.3) is 0 Å². The first-order valence-corrected chi connectivity index (χ1v) is 6.30. The Morgan fingerprint density at radius 3 is 2.65 bits per heavy atom. The second-order valence-corrected chi connectivity index (χ2v) is 5.50. The minimum absolute atomic E-state index is 0.164. The summed E-state index contributed by atoms with van der Waals surface area (Å²) < 4.78 is 6.61. The molecule has 94 valence electrons. The number of rotatable bonds is 5. The maximum atomic E-state index is 11.0. The smallest absolute Gasteiger partial charge is 0.312 e. The molecule has 0 aromatic heterocycles. The zero-order chi connectivity index (χ0) is 13.1. The molecule has 1 aromatic rings. The lowest BCUT2D eigenvalue weighted by Crippen LogP contribution is -2.30. The van der Waals surface area contributed by atoms with Crippen LogP contribution in [0.2, 0.25) is 0 Å². The molecule has 0 heterocycles. The molecule has 4 heteroatoms. The number of carbonyl (C=O) groups is 1. The fourth-order valence-corrected chi connectivity index (χ4v) is 1.69. The molecular formula is C13H17BrO3. The molecule has 0 unspecified atom stereocenters. The minimum atomic E-state index is -0.877. The molecule has 0 saturated heterocycles. The van der Waals surface area contributed by atoms with Crippen molar-refractivity contribution in [2.45, 2.75) is 27.2 Å². The van der Waals surface area contributed by atoms with E-state index in [0.717, 1.165) is 22.2 Å². The topological polar surface area (TPSA) is 46.5 Å². The van der Waals surface area contributed by atoms with Crippen molar-refractivity contribution < 1.29 is 14.6 Å². The molecule has 0 spiro atoms. The van der Waals surface area contributed by atoms with Crippen molar-refractivity contribution in [3.8, 4) is 5.75 Å². The van der Waals surface area contributed by atoms with E-state index in [0.29, 0.717) is 0 Å². The minimum Gasteiger partial charge on any atom is -0.492 e. The summed E-state index contributed by atoms with van der Waals surface area (Å²) in [6.45, 7) is 5.51.